The summed E-state index contributed by atoms with van der Waals surface area (Å²) in [6.07, 6.45) is 6.90. The molecular formula is C17H20N4O3. The number of aryl methyl sites for hydroxylation is 1. The summed E-state index contributed by atoms with van der Waals surface area (Å²) in [7, 11) is 1.90. The Morgan fingerprint density at radius 3 is 2.96 bits per heavy atom. The lowest BCUT2D eigenvalue weighted by Gasteiger charge is -2.16. The van der Waals surface area contributed by atoms with E-state index in [9.17, 15) is 9.59 Å². The van der Waals surface area contributed by atoms with Crippen molar-refractivity contribution in [3.8, 4) is 0 Å². The van der Waals surface area contributed by atoms with Crippen molar-refractivity contribution in [1.82, 2.24) is 19.4 Å². The van der Waals surface area contributed by atoms with E-state index in [1.165, 1.54) is 4.90 Å². The van der Waals surface area contributed by atoms with E-state index < -0.39 is 0 Å². The Morgan fingerprint density at radius 2 is 2.25 bits per heavy atom. The summed E-state index contributed by atoms with van der Waals surface area (Å²) in [6.45, 7) is 1.19. The molecule has 0 radical (unpaired) electrons. The quantitative estimate of drug-likeness (QED) is 0.756. The predicted molar refractivity (Wildman–Crippen MR) is 85.2 cm³/mol. The lowest BCUT2D eigenvalue weighted by atomic mass is 10.2. The van der Waals surface area contributed by atoms with Gasteiger partial charge in [-0.15, -0.1) is 0 Å². The number of furan rings is 1. The first-order valence-electron chi connectivity index (χ1n) is 8.21. The van der Waals surface area contributed by atoms with Crippen LogP contribution in [0.5, 0.6) is 0 Å². The SMILES string of the molecule is Cn1cnc(CCN2C(=O)CN(C[C@@H]3C[C@H]3c3ccco3)C2=O)c1. The van der Waals surface area contributed by atoms with Gasteiger partial charge >= 0.3 is 6.03 Å². The number of hydrogen-bond donors (Lipinski definition) is 0. The van der Waals surface area contributed by atoms with Crippen LogP contribution in [0, 0.1) is 5.92 Å². The molecule has 126 valence electrons. The molecule has 3 heterocycles. The second-order valence-corrected chi connectivity index (χ2v) is 6.61. The van der Waals surface area contributed by atoms with Crippen LogP contribution in [0.15, 0.2) is 35.3 Å². The third kappa shape index (κ3) is 2.81. The van der Waals surface area contributed by atoms with Gasteiger partial charge in [-0.1, -0.05) is 0 Å². The number of nitrogens with zero attached hydrogens (tertiary/aromatic N) is 4. The summed E-state index contributed by atoms with van der Waals surface area (Å²) in [5.41, 5.74) is 0.886. The van der Waals surface area contributed by atoms with Crippen molar-refractivity contribution in [2.75, 3.05) is 19.6 Å². The molecule has 0 unspecified atom stereocenters. The number of imidazole rings is 1. The van der Waals surface area contributed by atoms with E-state index in [2.05, 4.69) is 4.98 Å². The van der Waals surface area contributed by atoms with Crippen LogP contribution >= 0.6 is 0 Å². The number of amides is 3. The van der Waals surface area contributed by atoms with Crippen LogP contribution in [0.1, 0.15) is 23.8 Å². The first-order valence-corrected chi connectivity index (χ1v) is 8.21. The smallest absolute Gasteiger partial charge is 0.327 e. The molecule has 0 N–H and O–H groups in total. The van der Waals surface area contributed by atoms with Crippen molar-refractivity contribution in [3.05, 3.63) is 42.4 Å². The molecule has 2 fully saturated rings. The van der Waals surface area contributed by atoms with E-state index in [0.29, 0.717) is 31.3 Å². The fraction of sp³-hybridized carbons (Fsp3) is 0.471. The minimum absolute atomic E-state index is 0.119. The van der Waals surface area contributed by atoms with Gasteiger partial charge in [-0.3, -0.25) is 9.69 Å². The van der Waals surface area contributed by atoms with Crippen LogP contribution in [-0.2, 0) is 18.3 Å². The second kappa shape index (κ2) is 5.81. The molecule has 2 aliphatic rings. The minimum Gasteiger partial charge on any atom is -0.469 e. The highest BCUT2D eigenvalue weighted by atomic mass is 16.3. The molecule has 1 saturated heterocycles. The van der Waals surface area contributed by atoms with Gasteiger partial charge in [0, 0.05) is 38.7 Å². The molecule has 2 aromatic heterocycles. The topological polar surface area (TPSA) is 71.6 Å². The lowest BCUT2D eigenvalue weighted by molar-refractivity contribution is -0.125. The van der Waals surface area contributed by atoms with Gasteiger partial charge in [0.2, 0.25) is 5.91 Å². The maximum atomic E-state index is 12.5. The number of aromatic nitrogens is 2. The maximum absolute atomic E-state index is 12.5. The van der Waals surface area contributed by atoms with Gasteiger partial charge < -0.3 is 13.9 Å². The zero-order chi connectivity index (χ0) is 16.7. The normalized spacial score (nSPS) is 23.4. The Kier molecular flexibility index (Phi) is 3.63. The van der Waals surface area contributed by atoms with Gasteiger partial charge in [0.25, 0.3) is 0 Å². The number of hydrogen-bond acceptors (Lipinski definition) is 4. The van der Waals surface area contributed by atoms with Crippen molar-refractivity contribution in [1.29, 1.82) is 0 Å². The number of carbonyl (C=O) groups is 2. The van der Waals surface area contributed by atoms with E-state index >= 15 is 0 Å². The van der Waals surface area contributed by atoms with Crippen LogP contribution in [0.25, 0.3) is 0 Å². The molecule has 0 bridgehead atoms. The second-order valence-electron chi connectivity index (χ2n) is 6.61. The summed E-state index contributed by atoms with van der Waals surface area (Å²) >= 11 is 0. The van der Waals surface area contributed by atoms with Crippen LogP contribution in [0.2, 0.25) is 0 Å². The van der Waals surface area contributed by atoms with Crippen molar-refractivity contribution in [2.24, 2.45) is 13.0 Å². The Hall–Kier alpha value is -2.57. The highest BCUT2D eigenvalue weighted by Crippen LogP contribution is 2.48. The van der Waals surface area contributed by atoms with Gasteiger partial charge in [0.1, 0.15) is 12.3 Å². The maximum Gasteiger partial charge on any atom is 0.327 e. The fourth-order valence-corrected chi connectivity index (χ4v) is 3.36. The number of urea groups is 1. The van der Waals surface area contributed by atoms with E-state index in [-0.39, 0.29) is 18.5 Å². The predicted octanol–water partition coefficient (Wildman–Crippen LogP) is 1.62. The van der Waals surface area contributed by atoms with Gasteiger partial charge in [0.15, 0.2) is 0 Å². The average molecular weight is 328 g/mol. The molecule has 2 aromatic rings. The van der Waals surface area contributed by atoms with Crippen molar-refractivity contribution >= 4 is 11.9 Å². The van der Waals surface area contributed by atoms with E-state index in [1.54, 1.807) is 17.5 Å². The molecule has 3 amide bonds. The van der Waals surface area contributed by atoms with Gasteiger partial charge in [0.05, 0.1) is 18.3 Å². The molecule has 2 atom stereocenters. The Labute approximate surface area is 139 Å². The van der Waals surface area contributed by atoms with Gasteiger partial charge in [-0.25, -0.2) is 9.78 Å². The summed E-state index contributed by atoms with van der Waals surface area (Å²) in [6, 6.07) is 3.68. The third-order valence-electron chi connectivity index (χ3n) is 4.76. The van der Waals surface area contributed by atoms with Gasteiger partial charge in [-0.2, -0.15) is 0 Å². The Bertz CT molecular complexity index is 752. The molecule has 7 nitrogen and oxygen atoms in total. The van der Waals surface area contributed by atoms with Crippen LogP contribution < -0.4 is 0 Å². The molecule has 0 spiro atoms. The van der Waals surface area contributed by atoms with Crippen LogP contribution in [0.3, 0.4) is 0 Å². The Morgan fingerprint density at radius 1 is 1.38 bits per heavy atom. The summed E-state index contributed by atoms with van der Waals surface area (Å²) < 4.78 is 7.28. The highest BCUT2D eigenvalue weighted by Gasteiger charge is 2.45. The summed E-state index contributed by atoms with van der Waals surface area (Å²) in [5, 5.41) is 0. The first kappa shape index (κ1) is 15.0. The average Bonchev–Trinajstić information content (AvgIpc) is 2.92. The summed E-state index contributed by atoms with van der Waals surface area (Å²) in [5.74, 6) is 1.63. The summed E-state index contributed by atoms with van der Waals surface area (Å²) in [4.78, 5) is 31.9. The third-order valence-corrected chi connectivity index (χ3v) is 4.76. The zero-order valence-electron chi connectivity index (χ0n) is 13.6. The lowest BCUT2D eigenvalue weighted by Crippen LogP contribution is -2.35. The van der Waals surface area contributed by atoms with Crippen molar-refractivity contribution in [2.45, 2.75) is 18.8 Å². The standard InChI is InChI=1S/C17H20N4O3/c1-19-9-13(18-11-19)4-5-21-16(22)10-20(17(21)23)8-12-7-14(12)15-3-2-6-24-15/h2-3,6,9,11-12,14H,4-5,7-8,10H2,1H3/t12-,14+/m0/s1. The van der Waals surface area contributed by atoms with E-state index in [4.69, 9.17) is 4.42 Å². The molecule has 1 saturated carbocycles. The molecule has 4 rings (SSSR count). The molecule has 7 heteroatoms. The fourth-order valence-electron chi connectivity index (χ4n) is 3.36. The molecular weight excluding hydrogens is 308 g/mol. The van der Waals surface area contributed by atoms with Crippen molar-refractivity contribution < 1.29 is 14.0 Å². The number of imide groups is 1. The molecule has 1 aliphatic heterocycles. The molecule has 24 heavy (non-hydrogen) atoms. The van der Waals surface area contributed by atoms with E-state index in [0.717, 1.165) is 17.9 Å². The first-order chi connectivity index (χ1) is 11.6. The Balaban J connectivity index is 1.32. The zero-order valence-corrected chi connectivity index (χ0v) is 13.6. The van der Waals surface area contributed by atoms with Crippen LogP contribution in [-0.4, -0.2) is 50.9 Å². The van der Waals surface area contributed by atoms with E-state index in [1.807, 2.05) is 29.9 Å². The van der Waals surface area contributed by atoms with Crippen molar-refractivity contribution in [3.63, 3.8) is 0 Å². The largest absolute Gasteiger partial charge is 0.469 e. The molecule has 1 aliphatic carbocycles. The number of carbonyl (C=O) groups excluding carboxylic acids is 2. The molecule has 0 aromatic carbocycles. The minimum atomic E-state index is -0.180. The van der Waals surface area contributed by atoms with Gasteiger partial charge in [-0.05, 0) is 24.5 Å². The monoisotopic (exact) mass is 328 g/mol. The number of rotatable bonds is 6. The van der Waals surface area contributed by atoms with Crippen LogP contribution in [0.4, 0.5) is 4.79 Å². The highest BCUT2D eigenvalue weighted by molar-refractivity contribution is 6.02.